The van der Waals surface area contributed by atoms with Gasteiger partial charge in [0.15, 0.2) is 0 Å². The van der Waals surface area contributed by atoms with Crippen LogP contribution in [0.2, 0.25) is 0 Å². The lowest BCUT2D eigenvalue weighted by Crippen LogP contribution is -2.57. The van der Waals surface area contributed by atoms with E-state index in [4.69, 9.17) is 5.11 Å². The van der Waals surface area contributed by atoms with E-state index in [1.54, 1.807) is 0 Å². The Bertz CT molecular complexity index is 414. The van der Waals surface area contributed by atoms with Crippen molar-refractivity contribution in [2.24, 2.45) is 0 Å². The Hall–Kier alpha value is -0.650. The summed E-state index contributed by atoms with van der Waals surface area (Å²) in [6.07, 6.45) is 18.9. The van der Waals surface area contributed by atoms with Crippen LogP contribution in [0.1, 0.15) is 136 Å². The van der Waals surface area contributed by atoms with Crippen molar-refractivity contribution < 1.29 is 25.2 Å². The molecule has 0 radical (unpaired) electrons. The van der Waals surface area contributed by atoms with Crippen LogP contribution in [0.4, 0.5) is 0 Å². The zero-order valence-corrected chi connectivity index (χ0v) is 19.8. The number of aliphatic hydroxyl groups excluding tert-OH is 1. The van der Waals surface area contributed by atoms with Gasteiger partial charge in [0, 0.05) is 0 Å². The summed E-state index contributed by atoms with van der Waals surface area (Å²) < 4.78 is 0. The first-order valence-corrected chi connectivity index (χ1v) is 12.6. The minimum atomic E-state index is -1.98. The molecule has 30 heavy (non-hydrogen) atoms. The molecule has 0 saturated carbocycles. The fourth-order valence-electron chi connectivity index (χ4n) is 4.29. The van der Waals surface area contributed by atoms with Gasteiger partial charge in [-0.05, 0) is 12.8 Å². The molecular formula is C25H50O5. The van der Waals surface area contributed by atoms with Gasteiger partial charge in [-0.3, -0.25) is 4.79 Å². The number of carboxylic acid groups (broad SMARTS) is 1. The monoisotopic (exact) mass is 430 g/mol. The molecule has 0 aliphatic carbocycles. The van der Waals surface area contributed by atoms with Gasteiger partial charge in [-0.2, -0.15) is 0 Å². The number of hydrogen-bond donors (Lipinski definition) is 4. The van der Waals surface area contributed by atoms with E-state index < -0.39 is 30.2 Å². The minimum Gasteiger partial charge on any atom is -0.481 e. The van der Waals surface area contributed by atoms with E-state index in [2.05, 4.69) is 6.92 Å². The molecule has 0 amide bonds. The quantitative estimate of drug-likeness (QED) is 0.158. The molecule has 0 aliphatic heterocycles. The second-order valence-corrected chi connectivity index (χ2v) is 9.24. The Labute approximate surface area is 185 Å². The molecule has 0 aromatic heterocycles. The topological polar surface area (TPSA) is 98.0 Å². The third-order valence-electron chi connectivity index (χ3n) is 6.46. The van der Waals surface area contributed by atoms with E-state index in [1.807, 2.05) is 6.92 Å². The first-order valence-electron chi connectivity index (χ1n) is 12.6. The van der Waals surface area contributed by atoms with Crippen molar-refractivity contribution in [3.63, 3.8) is 0 Å². The first-order chi connectivity index (χ1) is 14.3. The van der Waals surface area contributed by atoms with Gasteiger partial charge in [0.25, 0.3) is 0 Å². The van der Waals surface area contributed by atoms with E-state index in [1.165, 1.54) is 70.6 Å². The summed E-state index contributed by atoms with van der Waals surface area (Å²) in [5, 5.41) is 40.4. The van der Waals surface area contributed by atoms with Crippen LogP contribution in [-0.4, -0.2) is 44.2 Å². The van der Waals surface area contributed by atoms with E-state index in [-0.39, 0.29) is 0 Å². The molecule has 0 aliphatic rings. The molecule has 0 aromatic carbocycles. The van der Waals surface area contributed by atoms with Crippen molar-refractivity contribution in [2.45, 2.75) is 147 Å². The summed E-state index contributed by atoms with van der Waals surface area (Å²) in [6, 6.07) is 0. The molecule has 0 bridgehead atoms. The van der Waals surface area contributed by atoms with Crippen molar-refractivity contribution in [3.05, 3.63) is 0 Å². The summed E-state index contributed by atoms with van der Waals surface area (Å²) >= 11 is 0. The number of unbranched alkanes of at least 4 members (excludes halogenated alkanes) is 14. The molecule has 4 N–H and O–H groups in total. The lowest BCUT2D eigenvalue weighted by molar-refractivity contribution is -0.192. The minimum absolute atomic E-state index is 0.312. The van der Waals surface area contributed by atoms with Crippen molar-refractivity contribution in [3.8, 4) is 0 Å². The smallest absolute Gasteiger partial charge is 0.306 e. The van der Waals surface area contributed by atoms with Crippen molar-refractivity contribution in [1.29, 1.82) is 0 Å². The standard InChI is InChI=1S/C25H50O5/c1-3-5-7-8-9-10-11-12-13-14-15-16-17-18-20-24(29,19-6-4-2)25(30,22-26)21-23(27)28/h26,29-30H,3-22H2,1-2H3,(H,27,28). The maximum absolute atomic E-state index is 11.1. The van der Waals surface area contributed by atoms with E-state index >= 15 is 0 Å². The van der Waals surface area contributed by atoms with Crippen LogP contribution in [0, 0.1) is 0 Å². The number of hydrogen-bond acceptors (Lipinski definition) is 4. The van der Waals surface area contributed by atoms with Gasteiger partial charge < -0.3 is 20.4 Å². The zero-order chi connectivity index (χ0) is 22.7. The van der Waals surface area contributed by atoms with Gasteiger partial charge in [0.05, 0.1) is 18.6 Å². The highest BCUT2D eigenvalue weighted by Gasteiger charge is 2.49. The predicted octanol–water partition coefficient (Wildman–Crippen LogP) is 5.98. The third kappa shape index (κ3) is 12.9. The molecular weight excluding hydrogens is 380 g/mol. The fourth-order valence-corrected chi connectivity index (χ4v) is 4.29. The van der Waals surface area contributed by atoms with Gasteiger partial charge in [-0.1, -0.05) is 117 Å². The molecule has 5 nitrogen and oxygen atoms in total. The van der Waals surface area contributed by atoms with Crippen molar-refractivity contribution in [1.82, 2.24) is 0 Å². The Morgan fingerprint density at radius 3 is 1.33 bits per heavy atom. The highest BCUT2D eigenvalue weighted by Crippen LogP contribution is 2.35. The first kappa shape index (κ1) is 29.4. The molecule has 0 aromatic rings. The number of carbonyl (C=O) groups is 1. The van der Waals surface area contributed by atoms with Crippen molar-refractivity contribution in [2.75, 3.05) is 6.61 Å². The average Bonchev–Trinajstić information content (AvgIpc) is 2.71. The van der Waals surface area contributed by atoms with Crippen LogP contribution in [0.25, 0.3) is 0 Å². The predicted molar refractivity (Wildman–Crippen MR) is 124 cm³/mol. The van der Waals surface area contributed by atoms with E-state index in [0.29, 0.717) is 19.3 Å². The molecule has 0 saturated heterocycles. The van der Waals surface area contributed by atoms with Crippen molar-refractivity contribution >= 4 is 5.97 Å². The molecule has 0 spiro atoms. The summed E-state index contributed by atoms with van der Waals surface area (Å²) in [5.41, 5.74) is -3.53. The second kappa shape index (κ2) is 18.0. The highest BCUT2D eigenvalue weighted by molar-refractivity contribution is 5.68. The third-order valence-corrected chi connectivity index (χ3v) is 6.46. The molecule has 5 heteroatoms. The Morgan fingerprint density at radius 1 is 0.600 bits per heavy atom. The van der Waals surface area contributed by atoms with Crippen LogP contribution in [0.5, 0.6) is 0 Å². The summed E-state index contributed by atoms with van der Waals surface area (Å²) in [4.78, 5) is 11.1. The number of aliphatic carboxylic acids is 1. The second-order valence-electron chi connectivity index (χ2n) is 9.24. The Morgan fingerprint density at radius 2 is 0.967 bits per heavy atom. The SMILES string of the molecule is CCCCCCCCCCCCCCCCC(O)(CCCC)C(O)(CO)CC(=O)O. The largest absolute Gasteiger partial charge is 0.481 e. The Kier molecular flexibility index (Phi) is 17.6. The zero-order valence-electron chi connectivity index (χ0n) is 19.8. The van der Waals surface area contributed by atoms with E-state index in [9.17, 15) is 20.1 Å². The maximum atomic E-state index is 11.1. The summed E-state index contributed by atoms with van der Waals surface area (Å²) in [7, 11) is 0. The maximum Gasteiger partial charge on any atom is 0.306 e. The number of rotatable bonds is 22. The van der Waals surface area contributed by atoms with Gasteiger partial charge in [0.1, 0.15) is 5.60 Å². The molecule has 2 unspecified atom stereocenters. The molecule has 180 valence electrons. The van der Waals surface area contributed by atoms with E-state index in [0.717, 1.165) is 25.7 Å². The van der Waals surface area contributed by atoms with Crippen LogP contribution in [0.15, 0.2) is 0 Å². The lowest BCUT2D eigenvalue weighted by Gasteiger charge is -2.42. The number of carboxylic acids is 1. The lowest BCUT2D eigenvalue weighted by atomic mass is 9.74. The molecule has 0 rings (SSSR count). The van der Waals surface area contributed by atoms with Crippen LogP contribution in [0.3, 0.4) is 0 Å². The number of aliphatic hydroxyl groups is 3. The average molecular weight is 431 g/mol. The summed E-state index contributed by atoms with van der Waals surface area (Å²) in [5.74, 6) is -1.21. The summed E-state index contributed by atoms with van der Waals surface area (Å²) in [6.45, 7) is 3.50. The van der Waals surface area contributed by atoms with Gasteiger partial charge in [-0.15, -0.1) is 0 Å². The highest BCUT2D eigenvalue weighted by atomic mass is 16.4. The molecule has 0 heterocycles. The van der Waals surface area contributed by atoms with Gasteiger partial charge in [-0.25, -0.2) is 0 Å². The molecule has 2 atom stereocenters. The van der Waals surface area contributed by atoms with Gasteiger partial charge >= 0.3 is 5.97 Å². The van der Waals surface area contributed by atoms with Crippen LogP contribution >= 0.6 is 0 Å². The fraction of sp³-hybridized carbons (Fsp3) is 0.960. The van der Waals surface area contributed by atoms with Crippen LogP contribution in [-0.2, 0) is 4.79 Å². The normalized spacial score (nSPS) is 15.6. The Balaban J connectivity index is 4.00. The van der Waals surface area contributed by atoms with Crippen LogP contribution < -0.4 is 0 Å². The molecule has 0 fully saturated rings. The van der Waals surface area contributed by atoms with Gasteiger partial charge in [0.2, 0.25) is 0 Å².